The topological polar surface area (TPSA) is 24.4 Å². The van der Waals surface area contributed by atoms with E-state index in [2.05, 4.69) is 29.4 Å². The van der Waals surface area contributed by atoms with E-state index in [0.717, 1.165) is 25.3 Å². The van der Waals surface area contributed by atoms with Crippen molar-refractivity contribution < 1.29 is 0 Å². The molecular weight excluding hydrogens is 160 g/mol. The summed E-state index contributed by atoms with van der Waals surface area (Å²) in [5, 5.41) is 3.35. The lowest BCUT2D eigenvalue weighted by atomic mass is 10.0. The largest absolute Gasteiger partial charge is 0.370 e. The number of nitrogens with zero attached hydrogens (tertiary/aromatic N) is 1. The van der Waals surface area contributed by atoms with Crippen LogP contribution in [-0.2, 0) is 0 Å². The van der Waals surface area contributed by atoms with Gasteiger partial charge in [0, 0.05) is 6.54 Å². The van der Waals surface area contributed by atoms with Crippen LogP contribution in [0.5, 0.6) is 0 Å². The van der Waals surface area contributed by atoms with Crippen molar-refractivity contribution in [3.05, 3.63) is 23.3 Å². The Morgan fingerprint density at radius 1 is 1.46 bits per heavy atom. The van der Waals surface area contributed by atoms with Crippen LogP contribution in [0.25, 0.3) is 0 Å². The monoisotopic (exact) mass is 176 g/mol. The number of hydrogen-bond acceptors (Lipinski definition) is 2. The molecule has 0 aromatic rings. The van der Waals surface area contributed by atoms with Gasteiger partial charge in [0.15, 0.2) is 0 Å². The molecular formula is C11H16N2. The van der Waals surface area contributed by atoms with Crippen molar-refractivity contribution in [2.24, 2.45) is 4.99 Å². The van der Waals surface area contributed by atoms with Crippen molar-refractivity contribution in [1.82, 2.24) is 5.32 Å². The van der Waals surface area contributed by atoms with E-state index in [1.165, 1.54) is 24.0 Å². The van der Waals surface area contributed by atoms with Gasteiger partial charge >= 0.3 is 0 Å². The standard InChI is InChI=1S/C11H16N2/c1-2-9-5-6-10-4-3-7-12-11(10)13-8-9/h5-6H,2-4,7-8H2,1H3,(H,12,13). The molecule has 2 nitrogen and oxygen atoms in total. The molecule has 70 valence electrons. The molecule has 1 fully saturated rings. The second kappa shape index (κ2) is 3.77. The number of allylic oxidation sites excluding steroid dienone is 2. The van der Waals surface area contributed by atoms with Gasteiger partial charge in [-0.05, 0) is 30.4 Å². The molecule has 0 saturated carbocycles. The molecule has 0 radical (unpaired) electrons. The van der Waals surface area contributed by atoms with Crippen molar-refractivity contribution in [3.63, 3.8) is 0 Å². The SMILES string of the molecule is CCC1=CC=C2CCCNC2=NC1. The zero-order valence-corrected chi connectivity index (χ0v) is 8.14. The van der Waals surface area contributed by atoms with Crippen LogP contribution in [0.1, 0.15) is 26.2 Å². The van der Waals surface area contributed by atoms with Gasteiger partial charge < -0.3 is 5.32 Å². The van der Waals surface area contributed by atoms with Crippen LogP contribution in [0.2, 0.25) is 0 Å². The van der Waals surface area contributed by atoms with Crippen molar-refractivity contribution in [2.75, 3.05) is 13.1 Å². The third kappa shape index (κ3) is 1.82. The number of amidine groups is 1. The van der Waals surface area contributed by atoms with Crippen LogP contribution in [0.3, 0.4) is 0 Å². The van der Waals surface area contributed by atoms with E-state index in [-0.39, 0.29) is 0 Å². The van der Waals surface area contributed by atoms with E-state index in [4.69, 9.17) is 0 Å². The highest BCUT2D eigenvalue weighted by Crippen LogP contribution is 2.16. The number of rotatable bonds is 1. The third-order valence-electron chi connectivity index (χ3n) is 2.63. The molecule has 0 amide bonds. The van der Waals surface area contributed by atoms with E-state index in [1.807, 2.05) is 0 Å². The molecule has 1 N–H and O–H groups in total. The van der Waals surface area contributed by atoms with Crippen LogP contribution >= 0.6 is 0 Å². The van der Waals surface area contributed by atoms with Crippen molar-refractivity contribution in [1.29, 1.82) is 0 Å². The zero-order chi connectivity index (χ0) is 9.10. The molecule has 2 heteroatoms. The Bertz CT molecular complexity index is 284. The molecule has 2 heterocycles. The molecule has 2 aliphatic rings. The Morgan fingerprint density at radius 2 is 2.38 bits per heavy atom. The first-order valence-electron chi connectivity index (χ1n) is 5.07. The number of hydrogen-bond donors (Lipinski definition) is 1. The molecule has 13 heavy (non-hydrogen) atoms. The van der Waals surface area contributed by atoms with E-state index in [1.54, 1.807) is 0 Å². The molecule has 0 aromatic carbocycles. The minimum atomic E-state index is 0.874. The van der Waals surface area contributed by atoms with Gasteiger partial charge in [-0.15, -0.1) is 0 Å². The predicted molar refractivity (Wildman–Crippen MR) is 56.0 cm³/mol. The lowest BCUT2D eigenvalue weighted by Gasteiger charge is -2.17. The van der Waals surface area contributed by atoms with Crippen LogP contribution in [-0.4, -0.2) is 18.9 Å². The van der Waals surface area contributed by atoms with Gasteiger partial charge in [-0.25, -0.2) is 0 Å². The summed E-state index contributed by atoms with van der Waals surface area (Å²) in [4.78, 5) is 4.57. The van der Waals surface area contributed by atoms with Gasteiger partial charge in [-0.3, -0.25) is 4.99 Å². The van der Waals surface area contributed by atoms with Crippen LogP contribution in [0, 0.1) is 0 Å². The van der Waals surface area contributed by atoms with E-state index in [0.29, 0.717) is 0 Å². The molecule has 2 rings (SSSR count). The van der Waals surface area contributed by atoms with Crippen molar-refractivity contribution >= 4 is 5.84 Å². The third-order valence-corrected chi connectivity index (χ3v) is 2.63. The fourth-order valence-corrected chi connectivity index (χ4v) is 1.72. The first kappa shape index (κ1) is 8.54. The fraction of sp³-hybridized carbons (Fsp3) is 0.545. The van der Waals surface area contributed by atoms with E-state index >= 15 is 0 Å². The summed E-state index contributed by atoms with van der Waals surface area (Å²) < 4.78 is 0. The predicted octanol–water partition coefficient (Wildman–Crippen LogP) is 2.04. The average Bonchev–Trinajstić information content (AvgIpc) is 2.39. The molecule has 0 aromatic heterocycles. The lowest BCUT2D eigenvalue weighted by molar-refractivity contribution is 0.735. The van der Waals surface area contributed by atoms with Crippen molar-refractivity contribution in [3.8, 4) is 0 Å². The smallest absolute Gasteiger partial charge is 0.124 e. The van der Waals surface area contributed by atoms with Gasteiger partial charge in [-0.1, -0.05) is 19.1 Å². The Kier molecular flexibility index (Phi) is 2.48. The highest BCUT2D eigenvalue weighted by Gasteiger charge is 2.13. The second-order valence-electron chi connectivity index (χ2n) is 3.57. The van der Waals surface area contributed by atoms with Gasteiger partial charge in [-0.2, -0.15) is 0 Å². The van der Waals surface area contributed by atoms with Gasteiger partial charge in [0.1, 0.15) is 5.84 Å². The highest BCUT2D eigenvalue weighted by molar-refractivity contribution is 5.99. The quantitative estimate of drug-likeness (QED) is 0.649. The van der Waals surface area contributed by atoms with E-state index < -0.39 is 0 Å². The second-order valence-corrected chi connectivity index (χ2v) is 3.57. The Hall–Kier alpha value is -1.05. The Labute approximate surface area is 79.4 Å². The fourth-order valence-electron chi connectivity index (χ4n) is 1.72. The summed E-state index contributed by atoms with van der Waals surface area (Å²) in [6.07, 6.45) is 8.00. The minimum Gasteiger partial charge on any atom is -0.370 e. The average molecular weight is 176 g/mol. The molecule has 1 saturated heterocycles. The van der Waals surface area contributed by atoms with Crippen LogP contribution < -0.4 is 5.32 Å². The first-order valence-corrected chi connectivity index (χ1v) is 5.07. The number of piperidine rings is 1. The molecule has 0 spiro atoms. The number of nitrogens with one attached hydrogen (secondary N) is 1. The normalized spacial score (nSPS) is 21.8. The molecule has 0 aliphatic carbocycles. The maximum Gasteiger partial charge on any atom is 0.124 e. The summed E-state index contributed by atoms with van der Waals surface area (Å²) in [6.45, 7) is 4.14. The first-order chi connectivity index (χ1) is 6.40. The summed E-state index contributed by atoms with van der Waals surface area (Å²) >= 11 is 0. The van der Waals surface area contributed by atoms with Gasteiger partial charge in [0.25, 0.3) is 0 Å². The molecule has 2 aliphatic heterocycles. The maximum atomic E-state index is 4.57. The molecule has 0 atom stereocenters. The molecule has 0 bridgehead atoms. The molecule has 0 unspecified atom stereocenters. The lowest BCUT2D eigenvalue weighted by Crippen LogP contribution is -2.31. The summed E-state index contributed by atoms with van der Waals surface area (Å²) in [5.74, 6) is 1.13. The summed E-state index contributed by atoms with van der Waals surface area (Å²) in [6, 6.07) is 0. The van der Waals surface area contributed by atoms with Crippen LogP contribution in [0.15, 0.2) is 28.3 Å². The number of aliphatic imine (C=N–C) groups is 1. The Balaban J connectivity index is 2.22. The highest BCUT2D eigenvalue weighted by atomic mass is 15.0. The summed E-state index contributed by atoms with van der Waals surface area (Å²) in [5.41, 5.74) is 2.81. The summed E-state index contributed by atoms with van der Waals surface area (Å²) in [7, 11) is 0. The van der Waals surface area contributed by atoms with Crippen molar-refractivity contribution in [2.45, 2.75) is 26.2 Å². The maximum absolute atomic E-state index is 4.57. The zero-order valence-electron chi connectivity index (χ0n) is 8.14. The van der Waals surface area contributed by atoms with E-state index in [9.17, 15) is 0 Å². The van der Waals surface area contributed by atoms with Gasteiger partial charge in [0.2, 0.25) is 0 Å². The number of fused-ring (bicyclic) bond motifs is 1. The van der Waals surface area contributed by atoms with Crippen LogP contribution in [0.4, 0.5) is 0 Å². The minimum absolute atomic E-state index is 0.874. The van der Waals surface area contributed by atoms with Gasteiger partial charge in [0.05, 0.1) is 6.54 Å². The Morgan fingerprint density at radius 3 is 3.23 bits per heavy atom.